The van der Waals surface area contributed by atoms with Crippen molar-refractivity contribution in [2.45, 2.75) is 88.8 Å². The van der Waals surface area contributed by atoms with Gasteiger partial charge in [-0.2, -0.15) is 0 Å². The van der Waals surface area contributed by atoms with E-state index < -0.39 is 67.8 Å². The highest BCUT2D eigenvalue weighted by Crippen LogP contribution is 2.70. The molecule has 9 heteroatoms. The summed E-state index contributed by atoms with van der Waals surface area (Å²) in [4.78, 5) is 12.7. The average molecular weight is 487 g/mol. The van der Waals surface area contributed by atoms with Gasteiger partial charge in [0.05, 0.1) is 16.8 Å². The lowest BCUT2D eigenvalue weighted by atomic mass is 9.45. The molecule has 0 saturated heterocycles. The molecule has 0 aromatic rings. The predicted molar refractivity (Wildman–Crippen MR) is 116 cm³/mol. The number of allylic oxidation sites excluding steroid dienone is 2. The first-order valence-corrected chi connectivity index (χ1v) is 13.8. The topological polar surface area (TPSA) is 89.9 Å². The van der Waals surface area contributed by atoms with E-state index in [-0.39, 0.29) is 29.9 Å². The minimum atomic E-state index is -3.44. The second-order valence-corrected chi connectivity index (χ2v) is 13.2. The molecule has 0 bridgehead atoms. The normalized spacial score (nSPS) is 48.8. The van der Waals surface area contributed by atoms with Gasteiger partial charge in [0.25, 0.3) is 0 Å². The van der Waals surface area contributed by atoms with Crippen LogP contribution in [-0.4, -0.2) is 55.0 Å². The number of halogens is 2. The van der Waals surface area contributed by atoms with Crippen LogP contribution < -0.4 is 0 Å². The number of sulfone groups is 1. The highest BCUT2D eigenvalue weighted by molar-refractivity contribution is 7.91. The van der Waals surface area contributed by atoms with Crippen molar-refractivity contribution in [3.63, 3.8) is 0 Å². The molecule has 1 N–H and O–H groups in total. The fourth-order valence-electron chi connectivity index (χ4n) is 7.91. The van der Waals surface area contributed by atoms with Crippen molar-refractivity contribution in [3.8, 4) is 0 Å². The Labute approximate surface area is 193 Å². The summed E-state index contributed by atoms with van der Waals surface area (Å²) in [5.74, 6) is -2.03. The molecule has 5 aliphatic rings. The number of hydrogen-bond donors (Lipinski definition) is 1. The number of carbonyl (C=O) groups excluding carboxylic acids is 1. The third-order valence-corrected chi connectivity index (χ3v) is 11.1. The van der Waals surface area contributed by atoms with Crippen LogP contribution in [0.15, 0.2) is 23.2 Å². The third-order valence-electron chi connectivity index (χ3n) is 9.32. The predicted octanol–water partition coefficient (Wildman–Crippen LogP) is 3.55. The number of aliphatic hydroxyl groups is 1. The van der Waals surface area contributed by atoms with E-state index in [0.717, 1.165) is 6.08 Å². The molecule has 1 unspecified atom stereocenters. The smallest absolute Gasteiger partial charge is 0.241 e. The van der Waals surface area contributed by atoms with Crippen molar-refractivity contribution >= 4 is 15.6 Å². The molecule has 9 atom stereocenters. The van der Waals surface area contributed by atoms with E-state index in [0.29, 0.717) is 25.7 Å². The van der Waals surface area contributed by atoms with Gasteiger partial charge in [-0.3, -0.25) is 4.79 Å². The molecule has 5 rings (SSSR count). The van der Waals surface area contributed by atoms with Gasteiger partial charge in [-0.1, -0.05) is 13.8 Å². The zero-order valence-electron chi connectivity index (χ0n) is 19.4. The highest BCUT2D eigenvalue weighted by Gasteiger charge is 2.75. The van der Waals surface area contributed by atoms with Gasteiger partial charge in [0.15, 0.2) is 21.3 Å². The standard InChI is InChI=1S/C24H32F2O6S/c1-5-6-19-31-20-16(27)10-14-15(25)9-13-12-7-8-18(33(4,29)30)22(12,2)11-17(28)24(13,26)23(14,3)21(20)32-19/h10,12-13,15,17-19,28H,5-9,11H2,1-4H3/t12-,13-,15-,17-,18+,19?,22-,23+,24-/m0/s1. The Balaban J connectivity index is 1.64. The van der Waals surface area contributed by atoms with Gasteiger partial charge < -0.3 is 14.6 Å². The molecular formula is C24H32F2O6S. The lowest BCUT2D eigenvalue weighted by molar-refractivity contribution is -0.208. The SMILES string of the molecule is CCCC1OC2=C(O1)[C@@]1(C)C(=CC2=O)[C@@H](F)C[C@H]2[C@@H]3CC[C@@H](S(C)(=O)=O)[C@@]3(C)C[C@H](O)[C@@]21F. The maximum atomic E-state index is 17.5. The Hall–Kier alpha value is -1.48. The van der Waals surface area contributed by atoms with E-state index in [1.54, 1.807) is 6.92 Å². The van der Waals surface area contributed by atoms with Crippen LogP contribution in [0.2, 0.25) is 0 Å². The number of rotatable bonds is 3. The first-order valence-electron chi connectivity index (χ1n) is 11.8. The second-order valence-electron chi connectivity index (χ2n) is 11.0. The van der Waals surface area contributed by atoms with E-state index in [9.17, 15) is 18.3 Å². The number of aliphatic hydroxyl groups excluding tert-OH is 1. The van der Waals surface area contributed by atoms with Crippen LogP contribution in [0.1, 0.15) is 59.3 Å². The van der Waals surface area contributed by atoms with Crippen LogP contribution >= 0.6 is 0 Å². The molecule has 4 aliphatic carbocycles. The minimum absolute atomic E-state index is 0.0222. The summed E-state index contributed by atoms with van der Waals surface area (Å²) in [6, 6.07) is 0. The molecule has 0 radical (unpaired) electrons. The summed E-state index contributed by atoms with van der Waals surface area (Å²) in [5, 5.41) is 10.7. The molecule has 184 valence electrons. The van der Waals surface area contributed by atoms with Gasteiger partial charge >= 0.3 is 0 Å². The molecule has 1 aliphatic heterocycles. The summed E-state index contributed by atoms with van der Waals surface area (Å²) in [7, 11) is -3.44. The van der Waals surface area contributed by atoms with Gasteiger partial charge in [-0.15, -0.1) is 0 Å². The van der Waals surface area contributed by atoms with Crippen LogP contribution in [-0.2, 0) is 24.1 Å². The first kappa shape index (κ1) is 23.3. The van der Waals surface area contributed by atoms with Crippen molar-refractivity contribution in [2.75, 3.05) is 6.26 Å². The monoisotopic (exact) mass is 486 g/mol. The molecule has 33 heavy (non-hydrogen) atoms. The van der Waals surface area contributed by atoms with Gasteiger partial charge in [0.1, 0.15) is 6.17 Å². The first-order chi connectivity index (χ1) is 15.3. The van der Waals surface area contributed by atoms with E-state index in [4.69, 9.17) is 9.47 Å². The summed E-state index contributed by atoms with van der Waals surface area (Å²) in [6.45, 7) is 5.22. The molecule has 3 saturated carbocycles. The fourth-order valence-corrected chi connectivity index (χ4v) is 9.73. The number of alkyl halides is 2. The van der Waals surface area contributed by atoms with Gasteiger partial charge in [-0.25, -0.2) is 17.2 Å². The molecule has 0 amide bonds. The van der Waals surface area contributed by atoms with Crippen molar-refractivity contribution in [2.24, 2.45) is 22.7 Å². The number of ketones is 1. The Kier molecular flexibility index (Phi) is 4.96. The third kappa shape index (κ3) is 2.78. The van der Waals surface area contributed by atoms with E-state index >= 15 is 8.78 Å². The molecule has 1 heterocycles. The summed E-state index contributed by atoms with van der Waals surface area (Å²) in [6.07, 6.45) is 0.102. The number of carbonyl (C=O) groups is 1. The molecular weight excluding hydrogens is 454 g/mol. The fraction of sp³-hybridized carbons (Fsp3) is 0.792. The van der Waals surface area contributed by atoms with Crippen molar-refractivity contribution in [3.05, 3.63) is 23.2 Å². The molecule has 0 aromatic carbocycles. The summed E-state index contributed by atoms with van der Waals surface area (Å²) in [5.41, 5.74) is -4.93. The Bertz CT molecular complexity index is 1070. The van der Waals surface area contributed by atoms with Gasteiger partial charge in [0.2, 0.25) is 17.8 Å². The van der Waals surface area contributed by atoms with Crippen LogP contribution in [0.4, 0.5) is 8.78 Å². The maximum absolute atomic E-state index is 17.5. The zero-order valence-corrected chi connectivity index (χ0v) is 20.3. The van der Waals surface area contributed by atoms with Crippen LogP contribution in [0.3, 0.4) is 0 Å². The van der Waals surface area contributed by atoms with Crippen LogP contribution in [0.5, 0.6) is 0 Å². The summed E-state index contributed by atoms with van der Waals surface area (Å²) < 4.78 is 70.0. The maximum Gasteiger partial charge on any atom is 0.241 e. The van der Waals surface area contributed by atoms with Gasteiger partial charge in [0, 0.05) is 18.6 Å². The Morgan fingerprint density at radius 3 is 2.55 bits per heavy atom. The van der Waals surface area contributed by atoms with E-state index in [1.807, 2.05) is 6.92 Å². The largest absolute Gasteiger partial charge is 0.454 e. The van der Waals surface area contributed by atoms with Gasteiger partial charge in [-0.05, 0) is 62.0 Å². The molecule has 3 fully saturated rings. The Morgan fingerprint density at radius 1 is 1.21 bits per heavy atom. The van der Waals surface area contributed by atoms with Crippen LogP contribution in [0.25, 0.3) is 0 Å². The number of fused-ring (bicyclic) bond motifs is 6. The quantitative estimate of drug-likeness (QED) is 0.656. The van der Waals surface area contributed by atoms with Crippen molar-refractivity contribution in [1.29, 1.82) is 0 Å². The van der Waals surface area contributed by atoms with Crippen molar-refractivity contribution in [1.82, 2.24) is 0 Å². The number of hydrogen-bond acceptors (Lipinski definition) is 6. The zero-order chi connectivity index (χ0) is 24.1. The molecule has 0 spiro atoms. The van der Waals surface area contributed by atoms with Crippen molar-refractivity contribution < 1.29 is 36.6 Å². The average Bonchev–Trinajstić information content (AvgIpc) is 3.29. The summed E-state index contributed by atoms with van der Waals surface area (Å²) >= 11 is 0. The van der Waals surface area contributed by atoms with Crippen LogP contribution in [0, 0.1) is 22.7 Å². The molecule has 6 nitrogen and oxygen atoms in total. The van der Waals surface area contributed by atoms with E-state index in [1.165, 1.54) is 13.2 Å². The Morgan fingerprint density at radius 2 is 1.91 bits per heavy atom. The molecule has 0 aromatic heterocycles. The second kappa shape index (κ2) is 7.03. The minimum Gasteiger partial charge on any atom is -0.454 e. The lowest BCUT2D eigenvalue weighted by Gasteiger charge is -2.62. The lowest BCUT2D eigenvalue weighted by Crippen LogP contribution is -2.69. The van der Waals surface area contributed by atoms with E-state index in [2.05, 4.69) is 0 Å². The number of ether oxygens (including phenoxy) is 2. The highest BCUT2D eigenvalue weighted by atomic mass is 32.2.